The Morgan fingerprint density at radius 3 is 2.53 bits per heavy atom. The minimum atomic E-state index is -0.367. The maximum atomic E-state index is 14.3. The molecular weight excluding hydrogens is 444 g/mol. The van der Waals surface area contributed by atoms with Crippen LogP contribution in [0.25, 0.3) is 45.7 Å². The molecule has 0 N–H and O–H groups in total. The number of benzene rings is 2. The lowest BCUT2D eigenvalue weighted by atomic mass is 10.2. The molecule has 4 heterocycles. The van der Waals surface area contributed by atoms with Gasteiger partial charge in [0.25, 0.3) is 5.71 Å². The Morgan fingerprint density at radius 2 is 1.74 bits per heavy atom. The summed E-state index contributed by atoms with van der Waals surface area (Å²) in [7, 11) is 0. The fraction of sp³-hybridized carbons (Fsp3) is 0.0435. The standard InChI is InChI=1S/C23H13F2N7O2/c24-15-7-5-13(6-8-15)22-27-21-23(34-22)26-20(28-29-21)18-11-19(17-9-10-33-31-17)32(30-18)12-14-3-1-2-4-16(14)25/h1-11H,12H2. The molecule has 0 bridgehead atoms. The summed E-state index contributed by atoms with van der Waals surface area (Å²) in [5.41, 5.74) is 2.86. The topological polar surface area (TPSA) is 109 Å². The lowest BCUT2D eigenvalue weighted by Gasteiger charge is -2.06. The molecule has 34 heavy (non-hydrogen) atoms. The number of oxazole rings is 1. The lowest BCUT2D eigenvalue weighted by molar-refractivity contribution is 0.421. The minimum absolute atomic E-state index is 0.149. The van der Waals surface area contributed by atoms with Crippen LogP contribution in [0.4, 0.5) is 8.78 Å². The molecule has 0 aliphatic rings. The number of fused-ring (bicyclic) bond motifs is 1. The van der Waals surface area contributed by atoms with Crippen LogP contribution in [0, 0.1) is 11.6 Å². The number of rotatable bonds is 5. The van der Waals surface area contributed by atoms with Crippen LogP contribution in [-0.2, 0) is 6.54 Å². The second kappa shape index (κ2) is 7.96. The summed E-state index contributed by atoms with van der Waals surface area (Å²) in [5, 5.41) is 16.7. The van der Waals surface area contributed by atoms with Crippen molar-refractivity contribution in [3.63, 3.8) is 0 Å². The molecule has 166 valence electrons. The van der Waals surface area contributed by atoms with Crippen molar-refractivity contribution in [3.05, 3.63) is 84.1 Å². The van der Waals surface area contributed by atoms with Crippen molar-refractivity contribution in [1.82, 2.24) is 35.1 Å². The van der Waals surface area contributed by atoms with Crippen LogP contribution in [0.1, 0.15) is 5.56 Å². The van der Waals surface area contributed by atoms with Gasteiger partial charge in [0.15, 0.2) is 0 Å². The summed E-state index contributed by atoms with van der Waals surface area (Å²) in [4.78, 5) is 8.66. The number of hydrogen-bond donors (Lipinski definition) is 0. The van der Waals surface area contributed by atoms with Crippen molar-refractivity contribution >= 4 is 11.4 Å². The van der Waals surface area contributed by atoms with E-state index in [9.17, 15) is 8.78 Å². The van der Waals surface area contributed by atoms with Crippen LogP contribution >= 0.6 is 0 Å². The highest BCUT2D eigenvalue weighted by Crippen LogP contribution is 2.27. The van der Waals surface area contributed by atoms with E-state index >= 15 is 0 Å². The Bertz CT molecular complexity index is 1610. The number of nitrogens with zero attached hydrogens (tertiary/aromatic N) is 7. The summed E-state index contributed by atoms with van der Waals surface area (Å²) >= 11 is 0. The summed E-state index contributed by atoms with van der Waals surface area (Å²) < 4.78 is 39.8. The van der Waals surface area contributed by atoms with Gasteiger partial charge < -0.3 is 8.94 Å². The fourth-order valence-electron chi connectivity index (χ4n) is 3.47. The zero-order valence-electron chi connectivity index (χ0n) is 17.3. The van der Waals surface area contributed by atoms with Gasteiger partial charge in [0.05, 0.1) is 12.2 Å². The van der Waals surface area contributed by atoms with E-state index in [4.69, 9.17) is 8.94 Å². The highest BCUT2D eigenvalue weighted by Gasteiger charge is 2.19. The third-order valence-electron chi connectivity index (χ3n) is 5.12. The van der Waals surface area contributed by atoms with Crippen LogP contribution in [0.3, 0.4) is 0 Å². The Kier molecular flexibility index (Phi) is 4.65. The quantitative estimate of drug-likeness (QED) is 0.372. The molecule has 6 rings (SSSR count). The van der Waals surface area contributed by atoms with Gasteiger partial charge in [-0.3, -0.25) is 4.68 Å². The van der Waals surface area contributed by atoms with Gasteiger partial charge in [0.2, 0.25) is 17.4 Å². The molecule has 0 saturated heterocycles. The van der Waals surface area contributed by atoms with Crippen molar-refractivity contribution in [2.24, 2.45) is 0 Å². The van der Waals surface area contributed by atoms with Crippen LogP contribution in [-0.4, -0.2) is 35.1 Å². The van der Waals surface area contributed by atoms with E-state index in [0.29, 0.717) is 28.2 Å². The average molecular weight is 457 g/mol. The molecule has 4 aromatic heterocycles. The Labute approximate surface area is 189 Å². The summed E-state index contributed by atoms with van der Waals surface area (Å²) in [6.45, 7) is 0.154. The second-order valence-electron chi connectivity index (χ2n) is 7.34. The molecule has 11 heteroatoms. The van der Waals surface area contributed by atoms with E-state index in [0.717, 1.165) is 0 Å². The van der Waals surface area contributed by atoms with Crippen molar-refractivity contribution in [2.45, 2.75) is 6.54 Å². The van der Waals surface area contributed by atoms with Crippen molar-refractivity contribution in [1.29, 1.82) is 0 Å². The van der Waals surface area contributed by atoms with Crippen LogP contribution < -0.4 is 0 Å². The molecule has 2 aromatic carbocycles. The zero-order valence-corrected chi connectivity index (χ0v) is 17.3. The van der Waals surface area contributed by atoms with Gasteiger partial charge in [-0.1, -0.05) is 23.4 Å². The van der Waals surface area contributed by atoms with E-state index < -0.39 is 0 Å². The Hall–Kier alpha value is -4.80. The number of halogens is 2. The Morgan fingerprint density at radius 1 is 0.882 bits per heavy atom. The number of aromatic nitrogens is 7. The molecule has 0 unspecified atom stereocenters. The van der Waals surface area contributed by atoms with E-state index in [1.807, 2.05) is 0 Å². The first kappa shape index (κ1) is 19.9. The maximum absolute atomic E-state index is 14.3. The summed E-state index contributed by atoms with van der Waals surface area (Å²) in [5.74, 6) is -0.289. The molecule has 0 aliphatic carbocycles. The second-order valence-corrected chi connectivity index (χ2v) is 7.34. The predicted molar refractivity (Wildman–Crippen MR) is 115 cm³/mol. The summed E-state index contributed by atoms with van der Waals surface area (Å²) in [6.07, 6.45) is 1.44. The highest BCUT2D eigenvalue weighted by molar-refractivity contribution is 5.71. The molecule has 0 radical (unpaired) electrons. The van der Waals surface area contributed by atoms with E-state index in [-0.39, 0.29) is 41.3 Å². The third-order valence-corrected chi connectivity index (χ3v) is 5.12. The lowest BCUT2D eigenvalue weighted by Crippen LogP contribution is -2.06. The molecule has 0 fully saturated rings. The first-order valence-electron chi connectivity index (χ1n) is 10.1. The van der Waals surface area contributed by atoms with E-state index in [1.54, 1.807) is 47.1 Å². The molecule has 0 atom stereocenters. The first-order valence-corrected chi connectivity index (χ1v) is 10.1. The fourth-order valence-corrected chi connectivity index (χ4v) is 3.47. The molecule has 0 aliphatic heterocycles. The molecule has 0 saturated carbocycles. The molecular formula is C23H13F2N7O2. The molecule has 0 amide bonds. The predicted octanol–water partition coefficient (Wildman–Crippen LogP) is 4.52. The zero-order chi connectivity index (χ0) is 23.1. The first-order chi connectivity index (χ1) is 16.6. The summed E-state index contributed by atoms with van der Waals surface area (Å²) in [6, 6.07) is 15.5. The van der Waals surface area contributed by atoms with Gasteiger partial charge in [-0.05, 0) is 36.4 Å². The van der Waals surface area contributed by atoms with Crippen LogP contribution in [0.15, 0.2) is 75.9 Å². The average Bonchev–Trinajstić information content (AvgIpc) is 3.60. The third kappa shape index (κ3) is 3.58. The SMILES string of the molecule is Fc1ccc(-c2nc3nnc(-c4cc(-c5ccon5)n(Cc5ccccc5F)n4)nc3o2)cc1. The van der Waals surface area contributed by atoms with Gasteiger partial charge in [-0.2, -0.15) is 15.1 Å². The minimum Gasteiger partial charge on any atom is -0.416 e. The largest absolute Gasteiger partial charge is 0.416 e. The molecule has 6 aromatic rings. The van der Waals surface area contributed by atoms with Crippen molar-refractivity contribution < 1.29 is 17.7 Å². The van der Waals surface area contributed by atoms with Crippen LogP contribution in [0.5, 0.6) is 0 Å². The van der Waals surface area contributed by atoms with Gasteiger partial charge in [-0.25, -0.2) is 8.78 Å². The monoisotopic (exact) mass is 457 g/mol. The highest BCUT2D eigenvalue weighted by atomic mass is 19.1. The molecule has 9 nitrogen and oxygen atoms in total. The number of hydrogen-bond acceptors (Lipinski definition) is 8. The van der Waals surface area contributed by atoms with Crippen molar-refractivity contribution in [2.75, 3.05) is 0 Å². The normalized spacial score (nSPS) is 11.4. The van der Waals surface area contributed by atoms with E-state index in [1.165, 1.54) is 24.5 Å². The van der Waals surface area contributed by atoms with Gasteiger partial charge in [0.1, 0.15) is 29.3 Å². The van der Waals surface area contributed by atoms with Crippen molar-refractivity contribution in [3.8, 4) is 34.4 Å². The van der Waals surface area contributed by atoms with Gasteiger partial charge >= 0.3 is 0 Å². The van der Waals surface area contributed by atoms with Gasteiger partial charge in [-0.15, -0.1) is 10.2 Å². The smallest absolute Gasteiger partial charge is 0.270 e. The molecule has 0 spiro atoms. The van der Waals surface area contributed by atoms with E-state index in [2.05, 4.69) is 30.4 Å². The van der Waals surface area contributed by atoms with Gasteiger partial charge in [0, 0.05) is 17.2 Å². The Balaban J connectivity index is 1.41. The maximum Gasteiger partial charge on any atom is 0.270 e. The van der Waals surface area contributed by atoms with Crippen LogP contribution in [0.2, 0.25) is 0 Å².